The van der Waals surface area contributed by atoms with Crippen LogP contribution in [0.1, 0.15) is 30.9 Å². The van der Waals surface area contributed by atoms with Crippen LogP contribution in [0.25, 0.3) is 11.1 Å². The summed E-state index contributed by atoms with van der Waals surface area (Å²) in [6.07, 6.45) is 0.905. The minimum Gasteiger partial charge on any atom is -0.449 e. The van der Waals surface area contributed by atoms with Crippen molar-refractivity contribution in [1.82, 2.24) is 5.32 Å². The first-order chi connectivity index (χ1) is 12.9. The van der Waals surface area contributed by atoms with Crippen molar-refractivity contribution in [2.75, 3.05) is 19.8 Å². The Labute approximate surface area is 159 Å². The first-order valence-corrected chi connectivity index (χ1v) is 9.02. The monoisotopic (exact) mass is 367 g/mol. The molecule has 1 aliphatic rings. The third kappa shape index (κ3) is 4.21. The summed E-state index contributed by atoms with van der Waals surface area (Å²) in [5.41, 5.74) is 3.97. The number of rotatable bonds is 6. The molecule has 1 unspecified atom stereocenters. The Morgan fingerprint density at radius 3 is 2.19 bits per heavy atom. The summed E-state index contributed by atoms with van der Waals surface area (Å²) in [7, 11) is 0. The predicted octanol–water partition coefficient (Wildman–Crippen LogP) is 3.21. The van der Waals surface area contributed by atoms with E-state index in [1.165, 1.54) is 17.2 Å². The Kier molecular flexibility index (Phi) is 5.63. The minimum atomic E-state index is -1.50. The van der Waals surface area contributed by atoms with Gasteiger partial charge in [0, 0.05) is 5.92 Å². The molecule has 1 atom stereocenters. The molecule has 3 N–H and O–H groups in total. The highest BCUT2D eigenvalue weighted by Crippen LogP contribution is 2.44. The molecular formula is C22H25NO4. The lowest BCUT2D eigenvalue weighted by Crippen LogP contribution is -2.44. The lowest BCUT2D eigenvalue weighted by Gasteiger charge is -2.23. The summed E-state index contributed by atoms with van der Waals surface area (Å²) in [6, 6.07) is 16.2. The molecule has 3 rings (SSSR count). The smallest absolute Gasteiger partial charge is 0.407 e. The van der Waals surface area contributed by atoms with E-state index in [1.54, 1.807) is 0 Å². The van der Waals surface area contributed by atoms with Crippen LogP contribution in [0.4, 0.5) is 4.79 Å². The van der Waals surface area contributed by atoms with E-state index in [4.69, 9.17) is 4.74 Å². The molecule has 142 valence electrons. The second-order valence-corrected chi connectivity index (χ2v) is 7.16. The number of alkyl carbamates (subject to hydrolysis) is 1. The number of nitrogens with one attached hydrogen (secondary N) is 1. The number of fused-ring (bicyclic) bond motifs is 3. The summed E-state index contributed by atoms with van der Waals surface area (Å²) < 4.78 is 5.42. The van der Waals surface area contributed by atoms with Crippen molar-refractivity contribution >= 4 is 6.09 Å². The zero-order valence-electron chi connectivity index (χ0n) is 15.6. The van der Waals surface area contributed by atoms with E-state index >= 15 is 0 Å². The number of benzene rings is 2. The van der Waals surface area contributed by atoms with Crippen molar-refractivity contribution < 1.29 is 19.7 Å². The van der Waals surface area contributed by atoms with Crippen LogP contribution in [0.15, 0.2) is 60.2 Å². The van der Waals surface area contributed by atoms with E-state index in [0.717, 1.165) is 16.7 Å². The van der Waals surface area contributed by atoms with Crippen LogP contribution in [0.3, 0.4) is 0 Å². The molecule has 0 spiro atoms. The Morgan fingerprint density at radius 1 is 1.11 bits per heavy atom. The van der Waals surface area contributed by atoms with E-state index in [-0.39, 0.29) is 19.1 Å². The van der Waals surface area contributed by atoms with Crippen LogP contribution in [-0.4, -0.2) is 41.7 Å². The van der Waals surface area contributed by atoms with Gasteiger partial charge >= 0.3 is 6.09 Å². The second-order valence-electron chi connectivity index (χ2n) is 7.16. The molecule has 0 saturated carbocycles. The molecule has 1 amide bonds. The third-order valence-corrected chi connectivity index (χ3v) is 4.71. The largest absolute Gasteiger partial charge is 0.449 e. The van der Waals surface area contributed by atoms with Crippen molar-refractivity contribution in [1.29, 1.82) is 0 Å². The van der Waals surface area contributed by atoms with Gasteiger partial charge in [0.1, 0.15) is 12.2 Å². The number of aliphatic hydroxyl groups excluding tert-OH is 1. The van der Waals surface area contributed by atoms with Gasteiger partial charge in [-0.1, -0.05) is 60.2 Å². The number of carbonyl (C=O) groups is 1. The molecule has 0 aliphatic heterocycles. The van der Waals surface area contributed by atoms with Gasteiger partial charge in [0.05, 0.1) is 13.2 Å². The fourth-order valence-corrected chi connectivity index (χ4v) is 3.56. The van der Waals surface area contributed by atoms with Crippen molar-refractivity contribution in [3.63, 3.8) is 0 Å². The number of hydrogen-bond donors (Lipinski definition) is 3. The lowest BCUT2D eigenvalue weighted by atomic mass is 9.98. The zero-order valence-corrected chi connectivity index (χ0v) is 15.6. The van der Waals surface area contributed by atoms with Gasteiger partial charge in [-0.15, -0.1) is 0 Å². The molecule has 1 aliphatic carbocycles. The van der Waals surface area contributed by atoms with Gasteiger partial charge in [-0.3, -0.25) is 0 Å². The number of hydrogen-bond acceptors (Lipinski definition) is 4. The Hall–Kier alpha value is -2.63. The number of aliphatic hydroxyl groups is 2. The summed E-state index contributed by atoms with van der Waals surface area (Å²) in [6.45, 7) is 3.23. The van der Waals surface area contributed by atoms with E-state index in [1.807, 2.05) is 38.1 Å². The summed E-state index contributed by atoms with van der Waals surface area (Å²) in [4.78, 5) is 12.1. The highest BCUT2D eigenvalue weighted by atomic mass is 16.5. The van der Waals surface area contributed by atoms with Crippen LogP contribution in [0.5, 0.6) is 0 Å². The molecule has 2 aromatic carbocycles. The number of allylic oxidation sites excluding steroid dienone is 1. The maximum Gasteiger partial charge on any atom is 0.407 e. The Bertz CT molecular complexity index is 811. The summed E-state index contributed by atoms with van der Waals surface area (Å²) in [5.74, 6) is -0.0161. The SMILES string of the molecule is CC(C)=CC(O)(CO)CNC(=O)OCC1c2ccccc2-c2ccccc21. The van der Waals surface area contributed by atoms with Crippen molar-refractivity contribution in [2.45, 2.75) is 25.4 Å². The number of amides is 1. The molecule has 0 heterocycles. The molecule has 0 saturated heterocycles. The average molecular weight is 367 g/mol. The summed E-state index contributed by atoms with van der Waals surface area (Å²) >= 11 is 0. The fraction of sp³-hybridized carbons (Fsp3) is 0.318. The van der Waals surface area contributed by atoms with E-state index in [0.29, 0.717) is 0 Å². The van der Waals surface area contributed by atoms with E-state index in [9.17, 15) is 15.0 Å². The molecule has 5 nitrogen and oxygen atoms in total. The van der Waals surface area contributed by atoms with Crippen LogP contribution in [0, 0.1) is 0 Å². The highest BCUT2D eigenvalue weighted by Gasteiger charge is 2.29. The molecule has 2 aromatic rings. The summed E-state index contributed by atoms with van der Waals surface area (Å²) in [5, 5.41) is 22.2. The molecule has 0 bridgehead atoms. The Morgan fingerprint density at radius 2 is 1.67 bits per heavy atom. The van der Waals surface area contributed by atoms with Gasteiger partial charge in [-0.2, -0.15) is 0 Å². The second kappa shape index (κ2) is 7.94. The molecule has 27 heavy (non-hydrogen) atoms. The average Bonchev–Trinajstić information content (AvgIpc) is 2.98. The van der Waals surface area contributed by atoms with Crippen LogP contribution < -0.4 is 5.32 Å². The lowest BCUT2D eigenvalue weighted by molar-refractivity contribution is 0.0260. The van der Waals surface area contributed by atoms with Gasteiger partial charge in [-0.05, 0) is 36.1 Å². The van der Waals surface area contributed by atoms with Crippen molar-refractivity contribution in [3.05, 3.63) is 71.3 Å². The molecule has 0 aromatic heterocycles. The molecule has 0 fully saturated rings. The molecule has 5 heteroatoms. The first-order valence-electron chi connectivity index (χ1n) is 9.02. The first kappa shape index (κ1) is 19.1. The minimum absolute atomic E-state index is 0.0161. The van der Waals surface area contributed by atoms with Crippen molar-refractivity contribution in [2.24, 2.45) is 0 Å². The van der Waals surface area contributed by atoms with Gasteiger partial charge in [0.25, 0.3) is 0 Å². The number of ether oxygens (including phenoxy) is 1. The molecule has 0 radical (unpaired) electrons. The highest BCUT2D eigenvalue weighted by molar-refractivity contribution is 5.79. The number of carbonyl (C=O) groups excluding carboxylic acids is 1. The van der Waals surface area contributed by atoms with Crippen LogP contribution >= 0.6 is 0 Å². The van der Waals surface area contributed by atoms with Crippen LogP contribution in [-0.2, 0) is 4.74 Å². The zero-order chi connectivity index (χ0) is 19.4. The van der Waals surface area contributed by atoms with Gasteiger partial charge in [-0.25, -0.2) is 4.79 Å². The fourth-order valence-electron chi connectivity index (χ4n) is 3.56. The van der Waals surface area contributed by atoms with Gasteiger partial charge in [0.15, 0.2) is 0 Å². The Balaban J connectivity index is 1.65. The predicted molar refractivity (Wildman–Crippen MR) is 105 cm³/mol. The topological polar surface area (TPSA) is 78.8 Å². The van der Waals surface area contributed by atoms with Gasteiger partial charge in [0.2, 0.25) is 0 Å². The van der Waals surface area contributed by atoms with E-state index in [2.05, 4.69) is 29.6 Å². The normalized spacial score (nSPS) is 14.7. The molecular weight excluding hydrogens is 342 g/mol. The maximum absolute atomic E-state index is 12.1. The third-order valence-electron chi connectivity index (χ3n) is 4.71. The van der Waals surface area contributed by atoms with Crippen molar-refractivity contribution in [3.8, 4) is 11.1 Å². The van der Waals surface area contributed by atoms with Gasteiger partial charge < -0.3 is 20.3 Å². The maximum atomic E-state index is 12.1. The standard InChI is InChI=1S/C22H25NO4/c1-15(2)11-22(26,14-24)13-23-21(25)27-12-20-18-9-5-3-7-16(18)17-8-4-6-10-19(17)20/h3-11,20,24,26H,12-14H2,1-2H3,(H,23,25). The quantitative estimate of drug-likeness (QED) is 0.685. The van der Waals surface area contributed by atoms with Crippen LogP contribution in [0.2, 0.25) is 0 Å². The van der Waals surface area contributed by atoms with E-state index < -0.39 is 18.3 Å².